The number of carbonyl (C=O) groups excluding carboxylic acids is 1. The van der Waals surface area contributed by atoms with Crippen LogP contribution in [0, 0.1) is 12.8 Å². The summed E-state index contributed by atoms with van der Waals surface area (Å²) in [7, 11) is 0. The van der Waals surface area contributed by atoms with Crippen LogP contribution in [-0.2, 0) is 11.2 Å². The number of aromatic nitrogens is 2. The molecule has 4 rings (SSSR count). The van der Waals surface area contributed by atoms with Crippen molar-refractivity contribution in [2.24, 2.45) is 5.92 Å². The first-order chi connectivity index (χ1) is 18.0. The zero-order chi connectivity index (χ0) is 28.3. The summed E-state index contributed by atoms with van der Waals surface area (Å²) >= 11 is 0. The maximum Gasteiger partial charge on any atom is 0.219 e. The highest BCUT2D eigenvalue weighted by atomic mass is 16.5. The van der Waals surface area contributed by atoms with Gasteiger partial charge in [-0.25, -0.2) is 4.98 Å². The lowest BCUT2D eigenvalue weighted by Gasteiger charge is -2.37. The molecule has 6 nitrogen and oxygen atoms in total. The minimum atomic E-state index is -0.594. The van der Waals surface area contributed by atoms with Gasteiger partial charge in [0.25, 0.3) is 0 Å². The van der Waals surface area contributed by atoms with Crippen LogP contribution in [0.3, 0.4) is 0 Å². The minimum absolute atomic E-state index is 0.147. The molecule has 1 fully saturated rings. The number of hydrogen-bond donors (Lipinski definition) is 2. The molecule has 0 radical (unpaired) electrons. The Morgan fingerprint density at radius 3 is 2.24 bits per heavy atom. The van der Waals surface area contributed by atoms with Gasteiger partial charge in [-0.1, -0.05) is 46.2 Å². The molecule has 0 unspecified atom stereocenters. The van der Waals surface area contributed by atoms with Gasteiger partial charge < -0.3 is 19.7 Å². The number of H-pyrrole nitrogens is 1. The van der Waals surface area contributed by atoms with E-state index in [4.69, 9.17) is 4.74 Å². The highest BCUT2D eigenvalue weighted by molar-refractivity contribution is 5.82. The molecule has 0 aliphatic carbocycles. The average molecular weight is 524 g/mol. The number of nitrogens with one attached hydrogen (secondary N) is 1. The molecular formula is C32H49N3O3. The first-order valence-electron chi connectivity index (χ1n) is 14.2. The van der Waals surface area contributed by atoms with Crippen LogP contribution in [0.5, 0.6) is 5.75 Å². The number of benzene rings is 2. The molecule has 2 aromatic carbocycles. The number of aliphatic hydroxyl groups is 1. The Kier molecular flexibility index (Phi) is 12.3. The lowest BCUT2D eigenvalue weighted by molar-refractivity contribution is -0.131. The van der Waals surface area contributed by atoms with E-state index < -0.39 is 5.60 Å². The van der Waals surface area contributed by atoms with Crippen molar-refractivity contribution in [3.05, 3.63) is 47.8 Å². The monoisotopic (exact) mass is 523 g/mol. The quantitative estimate of drug-likeness (QED) is 0.355. The van der Waals surface area contributed by atoms with E-state index >= 15 is 0 Å². The highest BCUT2D eigenvalue weighted by Crippen LogP contribution is 2.29. The molecule has 3 aromatic rings. The number of aryl methyl sites for hydroxylation is 2. The SMILES string of the molecule is CC(=O)N1CCC(C(C)(C)O)CC1.CCC.CCCOc1ccc(-c2ccc3nc(C)[nH]c3c2)cc1CC. The van der Waals surface area contributed by atoms with Gasteiger partial charge in [-0.05, 0) is 93.3 Å². The number of hydrogen-bond acceptors (Lipinski definition) is 4. The largest absolute Gasteiger partial charge is 0.493 e. The van der Waals surface area contributed by atoms with Gasteiger partial charge in [0.05, 0.1) is 23.2 Å². The number of rotatable bonds is 6. The zero-order valence-corrected chi connectivity index (χ0v) is 24.9. The molecule has 0 bridgehead atoms. The lowest BCUT2D eigenvalue weighted by Crippen LogP contribution is -2.43. The van der Waals surface area contributed by atoms with Crippen molar-refractivity contribution < 1.29 is 14.6 Å². The number of amides is 1. The molecule has 0 atom stereocenters. The van der Waals surface area contributed by atoms with Crippen molar-refractivity contribution in [1.82, 2.24) is 14.9 Å². The van der Waals surface area contributed by atoms with E-state index in [1.807, 2.05) is 25.7 Å². The Morgan fingerprint density at radius 2 is 1.68 bits per heavy atom. The first kappa shape index (κ1) is 31.4. The Bertz CT molecular complexity index is 1140. The number of fused-ring (bicyclic) bond motifs is 1. The summed E-state index contributed by atoms with van der Waals surface area (Å²) in [5.41, 5.74) is 5.18. The lowest BCUT2D eigenvalue weighted by atomic mass is 9.83. The Morgan fingerprint density at radius 1 is 1.08 bits per heavy atom. The smallest absolute Gasteiger partial charge is 0.219 e. The molecule has 0 spiro atoms. The maximum atomic E-state index is 11.0. The minimum Gasteiger partial charge on any atom is -0.493 e. The van der Waals surface area contributed by atoms with Crippen molar-refractivity contribution in [1.29, 1.82) is 0 Å². The molecule has 6 heteroatoms. The van der Waals surface area contributed by atoms with Crippen LogP contribution in [0.15, 0.2) is 36.4 Å². The molecule has 1 saturated heterocycles. The summed E-state index contributed by atoms with van der Waals surface area (Å²) in [4.78, 5) is 20.6. The predicted octanol–water partition coefficient (Wildman–Crippen LogP) is 7.32. The summed E-state index contributed by atoms with van der Waals surface area (Å²) in [6, 6.07) is 12.8. The number of aromatic amines is 1. The number of likely N-dealkylation sites (tertiary alicyclic amines) is 1. The fourth-order valence-electron chi connectivity index (χ4n) is 4.61. The molecule has 38 heavy (non-hydrogen) atoms. The number of carbonyl (C=O) groups is 1. The van der Waals surface area contributed by atoms with E-state index in [0.29, 0.717) is 5.92 Å². The third-order valence-electron chi connectivity index (χ3n) is 6.78. The summed E-state index contributed by atoms with van der Waals surface area (Å²) < 4.78 is 5.83. The second-order valence-electron chi connectivity index (χ2n) is 10.7. The molecule has 1 aliphatic rings. The van der Waals surface area contributed by atoms with E-state index in [1.54, 1.807) is 6.92 Å². The van der Waals surface area contributed by atoms with Gasteiger partial charge in [0, 0.05) is 20.0 Å². The van der Waals surface area contributed by atoms with Crippen LogP contribution in [0.4, 0.5) is 0 Å². The molecule has 2 heterocycles. The van der Waals surface area contributed by atoms with Gasteiger partial charge in [-0.15, -0.1) is 0 Å². The standard InChI is InChI=1S/C19H22N2O.C10H19NO2.C3H8/c1-4-10-22-19-9-7-15(11-14(19)5-2)16-6-8-17-18(12-16)21-13(3)20-17;1-8(12)11-6-4-9(5-7-11)10(2,3)13;1-3-2/h6-9,11-12H,4-5,10H2,1-3H3,(H,20,21);9,13H,4-7H2,1-3H3;3H2,1-2H3. The third kappa shape index (κ3) is 9.16. The fourth-order valence-corrected chi connectivity index (χ4v) is 4.61. The summed E-state index contributed by atoms with van der Waals surface area (Å²) in [5.74, 6) is 2.44. The van der Waals surface area contributed by atoms with E-state index in [-0.39, 0.29) is 5.91 Å². The van der Waals surface area contributed by atoms with Gasteiger partial charge in [-0.3, -0.25) is 4.79 Å². The Labute approximate surface area is 229 Å². The van der Waals surface area contributed by atoms with Crippen molar-refractivity contribution in [3.8, 4) is 16.9 Å². The third-order valence-corrected chi connectivity index (χ3v) is 6.78. The predicted molar refractivity (Wildman–Crippen MR) is 159 cm³/mol. The fraction of sp³-hybridized carbons (Fsp3) is 0.562. The number of ether oxygens (including phenoxy) is 1. The van der Waals surface area contributed by atoms with E-state index in [2.05, 4.69) is 74.1 Å². The highest BCUT2D eigenvalue weighted by Gasteiger charge is 2.30. The summed E-state index contributed by atoms with van der Waals surface area (Å²) in [6.45, 7) is 18.2. The summed E-state index contributed by atoms with van der Waals surface area (Å²) in [5, 5.41) is 9.76. The topological polar surface area (TPSA) is 78.5 Å². The average Bonchev–Trinajstić information content (AvgIpc) is 3.27. The Hall–Kier alpha value is -2.86. The number of imidazole rings is 1. The van der Waals surface area contributed by atoms with E-state index in [0.717, 1.165) is 68.0 Å². The van der Waals surface area contributed by atoms with Gasteiger partial charge in [-0.2, -0.15) is 0 Å². The molecule has 1 amide bonds. The van der Waals surface area contributed by atoms with Crippen molar-refractivity contribution in [2.75, 3.05) is 19.7 Å². The van der Waals surface area contributed by atoms with Gasteiger partial charge in [0.1, 0.15) is 11.6 Å². The van der Waals surface area contributed by atoms with E-state index in [1.165, 1.54) is 23.1 Å². The van der Waals surface area contributed by atoms with Crippen molar-refractivity contribution in [3.63, 3.8) is 0 Å². The van der Waals surface area contributed by atoms with E-state index in [9.17, 15) is 9.90 Å². The van der Waals surface area contributed by atoms with Crippen LogP contribution in [-0.4, -0.2) is 51.2 Å². The zero-order valence-electron chi connectivity index (χ0n) is 24.9. The molecule has 1 aliphatic heterocycles. The van der Waals surface area contributed by atoms with Crippen LogP contribution in [0.25, 0.3) is 22.2 Å². The molecular weight excluding hydrogens is 474 g/mol. The van der Waals surface area contributed by atoms with Crippen LogP contribution in [0.2, 0.25) is 0 Å². The number of piperidine rings is 1. The normalized spacial score (nSPS) is 13.9. The van der Waals surface area contributed by atoms with Crippen LogP contribution in [0.1, 0.15) is 85.5 Å². The number of nitrogens with zero attached hydrogens (tertiary/aromatic N) is 2. The van der Waals surface area contributed by atoms with Crippen LogP contribution >= 0.6 is 0 Å². The van der Waals surface area contributed by atoms with Gasteiger partial charge in [0.2, 0.25) is 5.91 Å². The van der Waals surface area contributed by atoms with Crippen molar-refractivity contribution >= 4 is 16.9 Å². The van der Waals surface area contributed by atoms with Crippen molar-refractivity contribution in [2.45, 2.75) is 93.1 Å². The van der Waals surface area contributed by atoms with Gasteiger partial charge >= 0.3 is 0 Å². The Balaban J connectivity index is 0.000000270. The molecule has 0 saturated carbocycles. The van der Waals surface area contributed by atoms with Crippen LogP contribution < -0.4 is 4.74 Å². The molecule has 1 aromatic heterocycles. The maximum absolute atomic E-state index is 11.0. The second kappa shape index (κ2) is 14.9. The summed E-state index contributed by atoms with van der Waals surface area (Å²) in [6.07, 6.45) is 5.09. The van der Waals surface area contributed by atoms with Gasteiger partial charge in [0.15, 0.2) is 0 Å². The second-order valence-corrected chi connectivity index (χ2v) is 10.7. The molecule has 210 valence electrons. The molecule has 2 N–H and O–H groups in total. The first-order valence-corrected chi connectivity index (χ1v) is 14.2.